The van der Waals surface area contributed by atoms with Gasteiger partial charge in [-0.1, -0.05) is 43.0 Å². The van der Waals surface area contributed by atoms with Crippen LogP contribution in [0.2, 0.25) is 0 Å². The number of thioether (sulfide) groups is 1. The van der Waals surface area contributed by atoms with Crippen molar-refractivity contribution in [3.8, 4) is 11.4 Å². The second-order valence-corrected chi connectivity index (χ2v) is 7.30. The summed E-state index contributed by atoms with van der Waals surface area (Å²) in [5.41, 5.74) is 2.96. The summed E-state index contributed by atoms with van der Waals surface area (Å²) in [5, 5.41) is 11.4. The molecule has 3 aromatic rings. The van der Waals surface area contributed by atoms with E-state index in [1.807, 2.05) is 19.1 Å². The molecule has 1 unspecified atom stereocenters. The molecule has 1 amide bonds. The Morgan fingerprint density at radius 3 is 2.50 bits per heavy atom. The van der Waals surface area contributed by atoms with E-state index in [4.69, 9.17) is 5.84 Å². The topological polar surface area (TPSA) is 85.8 Å². The van der Waals surface area contributed by atoms with Crippen LogP contribution in [0.5, 0.6) is 0 Å². The highest BCUT2D eigenvalue weighted by Gasteiger charge is 2.15. The van der Waals surface area contributed by atoms with Crippen LogP contribution in [0.4, 0.5) is 4.39 Å². The van der Waals surface area contributed by atoms with Gasteiger partial charge in [-0.15, -0.1) is 10.2 Å². The smallest absolute Gasteiger partial charge is 0.230 e. The lowest BCUT2D eigenvalue weighted by Crippen LogP contribution is -2.28. The number of amides is 1. The minimum atomic E-state index is -0.337. The molecule has 8 heteroatoms. The van der Waals surface area contributed by atoms with Crippen molar-refractivity contribution in [2.45, 2.75) is 31.5 Å². The van der Waals surface area contributed by atoms with Crippen LogP contribution >= 0.6 is 11.8 Å². The zero-order valence-electron chi connectivity index (χ0n) is 15.7. The van der Waals surface area contributed by atoms with Gasteiger partial charge < -0.3 is 11.2 Å². The van der Waals surface area contributed by atoms with Crippen molar-refractivity contribution in [1.29, 1.82) is 0 Å². The van der Waals surface area contributed by atoms with Crippen LogP contribution in [0.1, 0.15) is 31.0 Å². The number of nitrogen functional groups attached to an aromatic ring is 1. The number of aryl methyl sites for hydroxylation is 1. The first-order chi connectivity index (χ1) is 13.5. The van der Waals surface area contributed by atoms with E-state index < -0.39 is 0 Å². The number of nitrogens with one attached hydrogen (secondary N) is 1. The molecule has 0 bridgehead atoms. The van der Waals surface area contributed by atoms with Gasteiger partial charge in [0.25, 0.3) is 0 Å². The van der Waals surface area contributed by atoms with E-state index in [1.54, 1.807) is 12.1 Å². The van der Waals surface area contributed by atoms with E-state index in [0.717, 1.165) is 12.0 Å². The zero-order chi connectivity index (χ0) is 20.1. The van der Waals surface area contributed by atoms with Crippen LogP contribution in [0, 0.1) is 5.82 Å². The minimum absolute atomic E-state index is 0.0930. The largest absolute Gasteiger partial charge is 0.349 e. The number of nitrogens with zero attached hydrogens (tertiary/aromatic N) is 3. The van der Waals surface area contributed by atoms with E-state index in [1.165, 1.54) is 34.1 Å². The Bertz CT molecular complexity index is 940. The summed E-state index contributed by atoms with van der Waals surface area (Å²) in [4.78, 5) is 12.3. The lowest BCUT2D eigenvalue weighted by Gasteiger charge is -2.14. The molecule has 0 saturated heterocycles. The van der Waals surface area contributed by atoms with Gasteiger partial charge in [-0.05, 0) is 48.7 Å². The number of nitrogens with two attached hydrogens (primary N) is 1. The number of aromatic nitrogens is 3. The highest BCUT2D eigenvalue weighted by atomic mass is 32.2. The monoisotopic (exact) mass is 399 g/mol. The lowest BCUT2D eigenvalue weighted by atomic mass is 10.1. The maximum absolute atomic E-state index is 13.1. The van der Waals surface area contributed by atoms with E-state index in [2.05, 4.69) is 34.6 Å². The molecule has 0 aliphatic heterocycles. The molecule has 0 radical (unpaired) electrons. The van der Waals surface area contributed by atoms with Crippen molar-refractivity contribution in [3.05, 3.63) is 65.5 Å². The predicted octanol–water partition coefficient (Wildman–Crippen LogP) is 3.33. The molecule has 1 aromatic heterocycles. The highest BCUT2D eigenvalue weighted by molar-refractivity contribution is 7.99. The van der Waals surface area contributed by atoms with Gasteiger partial charge in [-0.3, -0.25) is 4.79 Å². The summed E-state index contributed by atoms with van der Waals surface area (Å²) in [6.45, 7) is 4.05. The van der Waals surface area contributed by atoms with Crippen molar-refractivity contribution >= 4 is 17.7 Å². The molecule has 2 aromatic carbocycles. The highest BCUT2D eigenvalue weighted by Crippen LogP contribution is 2.22. The Morgan fingerprint density at radius 2 is 1.86 bits per heavy atom. The number of hydrogen-bond donors (Lipinski definition) is 2. The Morgan fingerprint density at radius 1 is 1.18 bits per heavy atom. The molecular formula is C20H22FN5OS. The summed E-state index contributed by atoms with van der Waals surface area (Å²) in [7, 11) is 0. The summed E-state index contributed by atoms with van der Waals surface area (Å²) in [6, 6.07) is 13.9. The Kier molecular flexibility index (Phi) is 6.30. The van der Waals surface area contributed by atoms with Crippen LogP contribution in [0.25, 0.3) is 11.4 Å². The number of carbonyl (C=O) groups excluding carboxylic acids is 1. The third-order valence-electron chi connectivity index (χ3n) is 4.36. The molecular weight excluding hydrogens is 377 g/mol. The summed E-state index contributed by atoms with van der Waals surface area (Å²) in [5.74, 6) is 6.14. The predicted molar refractivity (Wildman–Crippen MR) is 109 cm³/mol. The fraction of sp³-hybridized carbons (Fsp3) is 0.250. The van der Waals surface area contributed by atoms with Crippen molar-refractivity contribution in [3.63, 3.8) is 0 Å². The number of carbonyl (C=O) groups is 1. The van der Waals surface area contributed by atoms with Gasteiger partial charge in [0.15, 0.2) is 5.82 Å². The van der Waals surface area contributed by atoms with E-state index in [9.17, 15) is 9.18 Å². The van der Waals surface area contributed by atoms with Gasteiger partial charge >= 0.3 is 0 Å². The summed E-state index contributed by atoms with van der Waals surface area (Å²) in [6.07, 6.45) is 0.983. The van der Waals surface area contributed by atoms with Crippen molar-refractivity contribution in [1.82, 2.24) is 20.2 Å². The second-order valence-electron chi connectivity index (χ2n) is 6.36. The van der Waals surface area contributed by atoms with Gasteiger partial charge in [0.1, 0.15) is 5.82 Å². The fourth-order valence-corrected chi connectivity index (χ4v) is 3.38. The normalized spacial score (nSPS) is 12.0. The van der Waals surface area contributed by atoms with Crippen LogP contribution in [-0.4, -0.2) is 26.5 Å². The van der Waals surface area contributed by atoms with Crippen molar-refractivity contribution in [2.24, 2.45) is 0 Å². The van der Waals surface area contributed by atoms with Crippen LogP contribution < -0.4 is 11.2 Å². The molecule has 3 rings (SSSR count). The zero-order valence-corrected chi connectivity index (χ0v) is 16.5. The number of rotatable bonds is 7. The van der Waals surface area contributed by atoms with E-state index in [0.29, 0.717) is 16.5 Å². The molecule has 1 heterocycles. The quantitative estimate of drug-likeness (QED) is 0.470. The van der Waals surface area contributed by atoms with Crippen LogP contribution in [0.15, 0.2) is 53.7 Å². The molecule has 6 nitrogen and oxygen atoms in total. The molecule has 28 heavy (non-hydrogen) atoms. The first-order valence-electron chi connectivity index (χ1n) is 8.95. The average molecular weight is 399 g/mol. The second kappa shape index (κ2) is 8.88. The SMILES string of the molecule is CCc1ccc(C(C)NC(=O)CSc2nnc(-c3ccc(F)cc3)n2N)cc1. The molecule has 0 spiro atoms. The van der Waals surface area contributed by atoms with Crippen LogP contribution in [0.3, 0.4) is 0 Å². The molecule has 146 valence electrons. The van der Waals surface area contributed by atoms with Gasteiger partial charge in [0, 0.05) is 5.56 Å². The Hall–Kier alpha value is -2.87. The van der Waals surface area contributed by atoms with Crippen molar-refractivity contribution in [2.75, 3.05) is 11.6 Å². The number of benzene rings is 2. The number of halogens is 1. The lowest BCUT2D eigenvalue weighted by molar-refractivity contribution is -0.119. The summed E-state index contributed by atoms with van der Waals surface area (Å²) >= 11 is 1.20. The molecule has 1 atom stereocenters. The maximum atomic E-state index is 13.1. The first kappa shape index (κ1) is 19.9. The standard InChI is InChI=1S/C20H22FN5OS/c1-3-14-4-6-15(7-5-14)13(2)23-18(27)12-28-20-25-24-19(26(20)22)16-8-10-17(21)11-9-16/h4-11,13H,3,12,22H2,1-2H3,(H,23,27). The molecule has 0 saturated carbocycles. The first-order valence-corrected chi connectivity index (χ1v) is 9.94. The van der Waals surface area contributed by atoms with Gasteiger partial charge in [-0.2, -0.15) is 0 Å². The molecule has 0 aliphatic rings. The minimum Gasteiger partial charge on any atom is -0.349 e. The Balaban J connectivity index is 1.57. The van der Waals surface area contributed by atoms with Gasteiger partial charge in [-0.25, -0.2) is 9.07 Å². The average Bonchev–Trinajstić information content (AvgIpc) is 3.07. The van der Waals surface area contributed by atoms with Gasteiger partial charge in [0.2, 0.25) is 11.1 Å². The van der Waals surface area contributed by atoms with Crippen LogP contribution in [-0.2, 0) is 11.2 Å². The molecule has 0 aliphatic carbocycles. The maximum Gasteiger partial charge on any atom is 0.230 e. The molecule has 0 fully saturated rings. The Labute approximate surface area is 167 Å². The van der Waals surface area contributed by atoms with Crippen molar-refractivity contribution < 1.29 is 9.18 Å². The third-order valence-corrected chi connectivity index (χ3v) is 5.31. The molecule has 3 N–H and O–H groups in total. The fourth-order valence-electron chi connectivity index (χ4n) is 2.71. The third kappa shape index (κ3) is 4.69. The summed E-state index contributed by atoms with van der Waals surface area (Å²) < 4.78 is 14.4. The van der Waals surface area contributed by atoms with Gasteiger partial charge in [0.05, 0.1) is 11.8 Å². The van der Waals surface area contributed by atoms with E-state index in [-0.39, 0.29) is 23.5 Å². The van der Waals surface area contributed by atoms with E-state index >= 15 is 0 Å². The number of hydrogen-bond acceptors (Lipinski definition) is 5.